The van der Waals surface area contributed by atoms with E-state index < -0.39 is 11.6 Å². The molecule has 2 aromatic rings. The molecule has 0 spiro atoms. The molecule has 22 heavy (non-hydrogen) atoms. The van der Waals surface area contributed by atoms with Crippen molar-refractivity contribution < 1.29 is 8.78 Å². The zero-order chi connectivity index (χ0) is 15.4. The number of hydrazine groups is 1. The molecule has 0 saturated heterocycles. The first kappa shape index (κ1) is 13.8. The van der Waals surface area contributed by atoms with Crippen LogP contribution >= 0.6 is 11.6 Å². The molecule has 2 heterocycles. The van der Waals surface area contributed by atoms with Gasteiger partial charge in [0, 0.05) is 12.6 Å². The van der Waals surface area contributed by atoms with Crippen molar-refractivity contribution in [3.63, 3.8) is 0 Å². The third-order valence-electron chi connectivity index (χ3n) is 4.20. The predicted octanol–water partition coefficient (Wildman–Crippen LogP) is 3.80. The van der Waals surface area contributed by atoms with Crippen LogP contribution in [0.15, 0.2) is 18.3 Å². The summed E-state index contributed by atoms with van der Waals surface area (Å²) in [7, 11) is 1.89. The molecule has 1 aromatic heterocycles. The molecule has 4 rings (SSSR count). The highest BCUT2D eigenvalue weighted by molar-refractivity contribution is 6.28. The molecule has 7 heteroatoms. The Kier molecular flexibility index (Phi) is 3.06. The Bertz CT molecular complexity index is 763. The molecular formula is C15H13ClF2N4. The maximum absolute atomic E-state index is 14.4. The second kappa shape index (κ2) is 4.86. The maximum atomic E-state index is 14.4. The van der Waals surface area contributed by atoms with E-state index in [-0.39, 0.29) is 17.0 Å². The molecule has 1 saturated carbocycles. The fourth-order valence-electron chi connectivity index (χ4n) is 3.10. The molecule has 0 radical (unpaired) electrons. The van der Waals surface area contributed by atoms with E-state index in [1.54, 1.807) is 6.07 Å². The summed E-state index contributed by atoms with van der Waals surface area (Å²) in [4.78, 5) is 7.48. The minimum absolute atomic E-state index is 0.0193. The minimum atomic E-state index is -0.619. The first-order chi connectivity index (χ1) is 10.5. The van der Waals surface area contributed by atoms with Crippen LogP contribution in [0.25, 0.3) is 11.3 Å². The zero-order valence-electron chi connectivity index (χ0n) is 11.8. The van der Waals surface area contributed by atoms with Crippen LogP contribution in [0.1, 0.15) is 24.4 Å². The van der Waals surface area contributed by atoms with Gasteiger partial charge in [-0.15, -0.1) is 0 Å². The molecule has 4 nitrogen and oxygen atoms in total. The van der Waals surface area contributed by atoms with E-state index in [2.05, 4.69) is 15.4 Å². The smallest absolute Gasteiger partial charge is 0.223 e. The van der Waals surface area contributed by atoms with Crippen LogP contribution in [0, 0.1) is 17.6 Å². The zero-order valence-corrected chi connectivity index (χ0v) is 12.5. The lowest BCUT2D eigenvalue weighted by Gasteiger charge is -2.19. The number of benzene rings is 1. The van der Waals surface area contributed by atoms with Crippen molar-refractivity contribution in [1.29, 1.82) is 0 Å². The van der Waals surface area contributed by atoms with E-state index in [9.17, 15) is 8.78 Å². The highest BCUT2D eigenvalue weighted by Gasteiger charge is 2.41. The van der Waals surface area contributed by atoms with Gasteiger partial charge in [0.05, 0.1) is 17.9 Å². The Balaban J connectivity index is 1.86. The van der Waals surface area contributed by atoms with Crippen molar-refractivity contribution in [2.45, 2.75) is 18.9 Å². The lowest BCUT2D eigenvalue weighted by atomic mass is 9.98. The van der Waals surface area contributed by atoms with Crippen LogP contribution in [-0.4, -0.2) is 22.0 Å². The monoisotopic (exact) mass is 322 g/mol. The molecule has 2 aliphatic rings. The van der Waals surface area contributed by atoms with Crippen LogP contribution < -0.4 is 5.43 Å². The molecule has 1 fully saturated rings. The summed E-state index contributed by atoms with van der Waals surface area (Å²) in [6, 6.07) is 3.17. The van der Waals surface area contributed by atoms with E-state index in [1.165, 1.54) is 6.07 Å². The predicted molar refractivity (Wildman–Crippen MR) is 79.2 cm³/mol. The average molecular weight is 323 g/mol. The molecule has 114 valence electrons. The lowest BCUT2D eigenvalue weighted by molar-refractivity contribution is 0.289. The summed E-state index contributed by atoms with van der Waals surface area (Å²) in [6.07, 6.45) is 3.24. The van der Waals surface area contributed by atoms with Gasteiger partial charge in [0.15, 0.2) is 5.82 Å². The van der Waals surface area contributed by atoms with Crippen molar-refractivity contribution >= 4 is 17.3 Å². The van der Waals surface area contributed by atoms with E-state index in [0.29, 0.717) is 17.2 Å². The van der Waals surface area contributed by atoms with Crippen LogP contribution in [-0.2, 0) is 0 Å². The summed E-state index contributed by atoms with van der Waals surface area (Å²) in [5, 5.41) is 1.85. The van der Waals surface area contributed by atoms with Crippen molar-refractivity contribution in [2.24, 2.45) is 5.92 Å². The summed E-state index contributed by atoms with van der Waals surface area (Å²) in [5.74, 6) is -0.532. The van der Waals surface area contributed by atoms with Crippen molar-refractivity contribution in [1.82, 2.24) is 15.0 Å². The number of rotatable bonds is 2. The van der Waals surface area contributed by atoms with Gasteiger partial charge in [0.1, 0.15) is 11.5 Å². The Morgan fingerprint density at radius 1 is 1.27 bits per heavy atom. The maximum Gasteiger partial charge on any atom is 0.223 e. The van der Waals surface area contributed by atoms with Gasteiger partial charge in [0.2, 0.25) is 5.28 Å². The number of anilines is 1. The van der Waals surface area contributed by atoms with E-state index in [1.807, 2.05) is 12.1 Å². The van der Waals surface area contributed by atoms with Gasteiger partial charge in [0.25, 0.3) is 0 Å². The number of hydrogen-bond acceptors (Lipinski definition) is 4. The second-order valence-electron chi connectivity index (χ2n) is 5.76. The Hall–Kier alpha value is -1.79. The van der Waals surface area contributed by atoms with Crippen LogP contribution in [0.3, 0.4) is 0 Å². The number of hydrogen-bond donors (Lipinski definition) is 1. The van der Waals surface area contributed by atoms with Crippen LogP contribution in [0.4, 0.5) is 14.5 Å². The van der Waals surface area contributed by atoms with Crippen molar-refractivity contribution in [2.75, 3.05) is 12.5 Å². The molecule has 1 aliphatic carbocycles. The fraction of sp³-hybridized carbons (Fsp3) is 0.333. The van der Waals surface area contributed by atoms with E-state index >= 15 is 0 Å². The van der Waals surface area contributed by atoms with Gasteiger partial charge in [-0.1, -0.05) is 0 Å². The number of nitrogens with one attached hydrogen (secondary N) is 1. The largest absolute Gasteiger partial charge is 0.316 e. The highest BCUT2D eigenvalue weighted by atomic mass is 35.5. The summed E-state index contributed by atoms with van der Waals surface area (Å²) in [5.41, 5.74) is 4.75. The van der Waals surface area contributed by atoms with Crippen LogP contribution in [0.2, 0.25) is 5.28 Å². The number of aromatic nitrogens is 2. The molecule has 1 N–H and O–H groups in total. The fourth-order valence-corrected chi connectivity index (χ4v) is 3.23. The third kappa shape index (κ3) is 2.14. The SMILES string of the molecule is CN1Nc2c(F)cc(-c3nc(Cl)ncc3F)cc2C1C1CC1. The van der Waals surface area contributed by atoms with Gasteiger partial charge in [-0.05, 0) is 48.1 Å². The lowest BCUT2D eigenvalue weighted by Crippen LogP contribution is -2.24. The van der Waals surface area contributed by atoms with E-state index in [0.717, 1.165) is 24.6 Å². The molecule has 1 unspecified atom stereocenters. The summed E-state index contributed by atoms with van der Waals surface area (Å²) >= 11 is 5.73. The Morgan fingerprint density at radius 2 is 2.05 bits per heavy atom. The van der Waals surface area contributed by atoms with Crippen LogP contribution in [0.5, 0.6) is 0 Å². The average Bonchev–Trinajstić information content (AvgIpc) is 3.24. The number of fused-ring (bicyclic) bond motifs is 1. The van der Waals surface area contributed by atoms with Gasteiger partial charge in [-0.2, -0.15) is 0 Å². The number of nitrogens with zero attached hydrogens (tertiary/aromatic N) is 3. The van der Waals surface area contributed by atoms with Gasteiger partial charge in [-0.3, -0.25) is 0 Å². The van der Waals surface area contributed by atoms with Gasteiger partial charge < -0.3 is 5.43 Å². The normalized spacial score (nSPS) is 20.8. The first-order valence-corrected chi connectivity index (χ1v) is 7.43. The van der Waals surface area contributed by atoms with Crippen molar-refractivity contribution in [3.8, 4) is 11.3 Å². The van der Waals surface area contributed by atoms with E-state index in [4.69, 9.17) is 11.6 Å². The molecule has 1 aliphatic heterocycles. The molecule has 0 bridgehead atoms. The van der Waals surface area contributed by atoms with Gasteiger partial charge >= 0.3 is 0 Å². The first-order valence-electron chi connectivity index (χ1n) is 7.06. The van der Waals surface area contributed by atoms with Crippen molar-refractivity contribution in [3.05, 3.63) is 40.8 Å². The topological polar surface area (TPSA) is 41.0 Å². The Morgan fingerprint density at radius 3 is 2.77 bits per heavy atom. The standard InChI is InChI=1S/C15H13ClF2N4/c1-22-14(7-2-3-7)9-4-8(5-10(17)13(9)21-22)12-11(18)6-19-15(16)20-12/h4-7,14,21H,2-3H2,1H3. The second-order valence-corrected chi connectivity index (χ2v) is 6.10. The molecule has 1 atom stereocenters. The molecular weight excluding hydrogens is 310 g/mol. The van der Waals surface area contributed by atoms with Gasteiger partial charge in [-0.25, -0.2) is 23.8 Å². The quantitative estimate of drug-likeness (QED) is 0.854. The molecule has 1 aromatic carbocycles. The summed E-state index contributed by atoms with van der Waals surface area (Å²) < 4.78 is 28.4. The Labute approximate surface area is 131 Å². The highest BCUT2D eigenvalue weighted by Crippen LogP contribution is 2.50. The minimum Gasteiger partial charge on any atom is -0.316 e. The number of halogens is 3. The third-order valence-corrected chi connectivity index (χ3v) is 4.38. The summed E-state index contributed by atoms with van der Waals surface area (Å²) in [6.45, 7) is 0. The molecule has 0 amide bonds.